The third-order valence-corrected chi connectivity index (χ3v) is 4.43. The topological polar surface area (TPSA) is 71.1 Å². The van der Waals surface area contributed by atoms with Crippen LogP contribution in [0, 0.1) is 0 Å². The Bertz CT molecular complexity index is 891. The zero-order valence-corrected chi connectivity index (χ0v) is 17.8. The van der Waals surface area contributed by atoms with E-state index in [0.29, 0.717) is 26.1 Å². The molecule has 3 aromatic carbocycles. The molecule has 3 rings (SSSR count). The van der Waals surface area contributed by atoms with Gasteiger partial charge in [0.1, 0.15) is 11.5 Å². The molecule has 6 heteroatoms. The SMILES string of the molecule is O=C(OCCCOc1ccccc1)c1ccccc1C(=O)OCCCOc1ccccc1. The molecule has 0 saturated heterocycles. The van der Waals surface area contributed by atoms with Crippen LogP contribution in [0.5, 0.6) is 11.5 Å². The van der Waals surface area contributed by atoms with Gasteiger partial charge in [0.25, 0.3) is 0 Å². The van der Waals surface area contributed by atoms with Crippen molar-refractivity contribution >= 4 is 11.9 Å². The van der Waals surface area contributed by atoms with Crippen LogP contribution < -0.4 is 9.47 Å². The van der Waals surface area contributed by atoms with E-state index in [2.05, 4.69) is 0 Å². The van der Waals surface area contributed by atoms with Crippen LogP contribution in [0.4, 0.5) is 0 Å². The minimum atomic E-state index is -0.565. The molecular formula is C26H26O6. The van der Waals surface area contributed by atoms with Gasteiger partial charge < -0.3 is 18.9 Å². The normalized spacial score (nSPS) is 10.2. The highest BCUT2D eigenvalue weighted by Gasteiger charge is 2.18. The Morgan fingerprint density at radius 3 is 1.28 bits per heavy atom. The van der Waals surface area contributed by atoms with Crippen LogP contribution in [0.3, 0.4) is 0 Å². The van der Waals surface area contributed by atoms with E-state index in [1.54, 1.807) is 24.3 Å². The van der Waals surface area contributed by atoms with Gasteiger partial charge >= 0.3 is 11.9 Å². The van der Waals surface area contributed by atoms with Crippen LogP contribution in [0.1, 0.15) is 33.6 Å². The lowest BCUT2D eigenvalue weighted by Crippen LogP contribution is -2.16. The number of hydrogen-bond acceptors (Lipinski definition) is 6. The lowest BCUT2D eigenvalue weighted by Gasteiger charge is -2.11. The second kappa shape index (κ2) is 12.8. The number of hydrogen-bond donors (Lipinski definition) is 0. The van der Waals surface area contributed by atoms with Gasteiger partial charge in [-0.25, -0.2) is 9.59 Å². The molecule has 0 bridgehead atoms. The summed E-state index contributed by atoms with van der Waals surface area (Å²) in [5.74, 6) is 0.400. The quantitative estimate of drug-likeness (QED) is 0.297. The van der Waals surface area contributed by atoms with E-state index in [-0.39, 0.29) is 24.3 Å². The molecule has 0 N–H and O–H groups in total. The molecule has 32 heavy (non-hydrogen) atoms. The second-order valence-corrected chi connectivity index (χ2v) is 6.85. The summed E-state index contributed by atoms with van der Waals surface area (Å²) in [4.78, 5) is 24.9. The number of esters is 2. The summed E-state index contributed by atoms with van der Waals surface area (Å²) < 4.78 is 21.7. The second-order valence-electron chi connectivity index (χ2n) is 6.85. The molecule has 0 aromatic heterocycles. The molecule has 0 radical (unpaired) electrons. The molecule has 0 aliphatic rings. The molecule has 0 unspecified atom stereocenters. The Labute approximate surface area is 187 Å². The monoisotopic (exact) mass is 434 g/mol. The molecule has 6 nitrogen and oxygen atoms in total. The van der Waals surface area contributed by atoms with E-state index in [9.17, 15) is 9.59 Å². The largest absolute Gasteiger partial charge is 0.493 e. The van der Waals surface area contributed by atoms with Crippen LogP contribution in [-0.4, -0.2) is 38.4 Å². The van der Waals surface area contributed by atoms with Gasteiger partial charge in [0.15, 0.2) is 0 Å². The Morgan fingerprint density at radius 2 is 0.875 bits per heavy atom. The minimum absolute atomic E-state index is 0.182. The summed E-state index contributed by atoms with van der Waals surface area (Å²) in [5.41, 5.74) is 0.365. The summed E-state index contributed by atoms with van der Waals surface area (Å²) in [7, 11) is 0. The van der Waals surface area contributed by atoms with Gasteiger partial charge in [-0.1, -0.05) is 48.5 Å². The zero-order chi connectivity index (χ0) is 22.4. The van der Waals surface area contributed by atoms with Crippen LogP contribution in [0.25, 0.3) is 0 Å². The van der Waals surface area contributed by atoms with E-state index in [1.807, 2.05) is 60.7 Å². The summed E-state index contributed by atoms with van der Waals surface area (Å²) in [6.45, 7) is 1.22. The van der Waals surface area contributed by atoms with Crippen LogP contribution in [0.15, 0.2) is 84.9 Å². The maximum absolute atomic E-state index is 12.4. The number of para-hydroxylation sites is 2. The highest BCUT2D eigenvalue weighted by atomic mass is 16.5. The first kappa shape index (κ1) is 22.9. The molecule has 0 aliphatic carbocycles. The van der Waals surface area contributed by atoms with Gasteiger partial charge in [0.05, 0.1) is 37.6 Å². The molecule has 3 aromatic rings. The van der Waals surface area contributed by atoms with Crippen molar-refractivity contribution in [3.63, 3.8) is 0 Å². The van der Waals surface area contributed by atoms with Crippen molar-refractivity contribution in [1.29, 1.82) is 0 Å². The molecule has 166 valence electrons. The van der Waals surface area contributed by atoms with Crippen LogP contribution >= 0.6 is 0 Å². The molecular weight excluding hydrogens is 408 g/mol. The van der Waals surface area contributed by atoms with Gasteiger partial charge in [-0.3, -0.25) is 0 Å². The first-order valence-corrected chi connectivity index (χ1v) is 10.5. The molecule has 0 atom stereocenters. The fourth-order valence-corrected chi connectivity index (χ4v) is 2.86. The first-order chi connectivity index (χ1) is 15.7. The first-order valence-electron chi connectivity index (χ1n) is 10.5. The Hall–Kier alpha value is -3.80. The van der Waals surface area contributed by atoms with Crippen molar-refractivity contribution in [2.45, 2.75) is 12.8 Å². The van der Waals surface area contributed by atoms with Crippen molar-refractivity contribution in [1.82, 2.24) is 0 Å². The van der Waals surface area contributed by atoms with E-state index in [0.717, 1.165) is 11.5 Å². The smallest absolute Gasteiger partial charge is 0.339 e. The van der Waals surface area contributed by atoms with Gasteiger partial charge in [-0.2, -0.15) is 0 Å². The number of ether oxygens (including phenoxy) is 4. The number of carbonyl (C=O) groups excluding carboxylic acids is 2. The maximum Gasteiger partial charge on any atom is 0.339 e. The van der Waals surface area contributed by atoms with E-state index in [1.165, 1.54) is 0 Å². The lowest BCUT2D eigenvalue weighted by molar-refractivity contribution is 0.0438. The number of rotatable bonds is 12. The highest BCUT2D eigenvalue weighted by molar-refractivity contribution is 6.03. The fourth-order valence-electron chi connectivity index (χ4n) is 2.86. The van der Waals surface area contributed by atoms with Crippen molar-refractivity contribution < 1.29 is 28.5 Å². The van der Waals surface area contributed by atoms with Crippen LogP contribution in [0.2, 0.25) is 0 Å². The summed E-state index contributed by atoms with van der Waals surface area (Å²) in [6.07, 6.45) is 1.07. The molecule has 0 saturated carbocycles. The Morgan fingerprint density at radius 1 is 0.500 bits per heavy atom. The molecule has 0 heterocycles. The van der Waals surface area contributed by atoms with E-state index >= 15 is 0 Å². The summed E-state index contributed by atoms with van der Waals surface area (Å²) >= 11 is 0. The zero-order valence-electron chi connectivity index (χ0n) is 17.8. The van der Waals surface area contributed by atoms with Crippen LogP contribution in [-0.2, 0) is 9.47 Å². The fraction of sp³-hybridized carbons (Fsp3) is 0.231. The van der Waals surface area contributed by atoms with Gasteiger partial charge in [-0.05, 0) is 36.4 Å². The minimum Gasteiger partial charge on any atom is -0.493 e. The molecule has 0 aliphatic heterocycles. The van der Waals surface area contributed by atoms with E-state index in [4.69, 9.17) is 18.9 Å². The lowest BCUT2D eigenvalue weighted by atomic mass is 10.1. The van der Waals surface area contributed by atoms with Crippen molar-refractivity contribution in [3.8, 4) is 11.5 Å². The van der Waals surface area contributed by atoms with Gasteiger partial charge in [0.2, 0.25) is 0 Å². The predicted molar refractivity (Wildman–Crippen MR) is 120 cm³/mol. The highest BCUT2D eigenvalue weighted by Crippen LogP contribution is 2.13. The third kappa shape index (κ3) is 7.47. The van der Waals surface area contributed by atoms with Gasteiger partial charge in [0, 0.05) is 12.8 Å². The Kier molecular flexibility index (Phi) is 9.15. The average Bonchev–Trinajstić information content (AvgIpc) is 2.84. The van der Waals surface area contributed by atoms with E-state index < -0.39 is 11.9 Å². The standard InChI is InChI=1S/C26H26O6/c27-25(31-19-9-17-29-21-11-3-1-4-12-21)23-15-7-8-16-24(23)26(28)32-20-10-18-30-22-13-5-2-6-14-22/h1-8,11-16H,9-10,17-20H2. The predicted octanol–water partition coefficient (Wildman–Crippen LogP) is 4.94. The van der Waals surface area contributed by atoms with Crippen molar-refractivity contribution in [2.75, 3.05) is 26.4 Å². The van der Waals surface area contributed by atoms with Crippen molar-refractivity contribution in [3.05, 3.63) is 96.1 Å². The number of carbonyl (C=O) groups is 2. The summed E-state index contributed by atoms with van der Waals surface area (Å²) in [5, 5.41) is 0. The van der Waals surface area contributed by atoms with Crippen molar-refractivity contribution in [2.24, 2.45) is 0 Å². The summed E-state index contributed by atoms with van der Waals surface area (Å²) in [6, 6.07) is 25.3. The number of benzene rings is 3. The maximum atomic E-state index is 12.4. The molecule has 0 spiro atoms. The average molecular weight is 434 g/mol. The Balaban J connectivity index is 1.39. The molecule has 0 amide bonds. The third-order valence-electron chi connectivity index (χ3n) is 4.43. The molecule has 0 fully saturated rings. The van der Waals surface area contributed by atoms with Gasteiger partial charge in [-0.15, -0.1) is 0 Å².